The van der Waals surface area contributed by atoms with Crippen LogP contribution in [0.15, 0.2) is 0 Å². The van der Waals surface area contributed by atoms with Crippen molar-refractivity contribution in [2.24, 2.45) is 0 Å². The second-order valence-corrected chi connectivity index (χ2v) is 3.00. The molecule has 0 aromatic heterocycles. The summed E-state index contributed by atoms with van der Waals surface area (Å²) in [5, 5.41) is 19.8. The van der Waals surface area contributed by atoms with E-state index in [1.54, 1.807) is 0 Å². The molecule has 0 aliphatic rings. The molecule has 0 bridgehead atoms. The third-order valence-electron chi connectivity index (χ3n) is 1.88. The zero-order chi connectivity index (χ0) is 9.56. The van der Waals surface area contributed by atoms with Crippen molar-refractivity contribution in [2.45, 2.75) is 51.7 Å². The molecule has 0 rings (SSSR count). The molecular weight excluding hydrogens is 158 g/mol. The van der Waals surface area contributed by atoms with Gasteiger partial charge in [-0.2, -0.15) is 0 Å². The van der Waals surface area contributed by atoms with Gasteiger partial charge in [0.2, 0.25) is 6.04 Å². The number of aliphatic hydroxyl groups excluding tert-OH is 1. The lowest BCUT2D eigenvalue weighted by molar-refractivity contribution is -0.535. The average molecular weight is 175 g/mol. The predicted molar refractivity (Wildman–Crippen MR) is 46.6 cm³/mol. The van der Waals surface area contributed by atoms with Crippen molar-refractivity contribution < 1.29 is 10.0 Å². The first kappa shape index (κ1) is 11.4. The van der Waals surface area contributed by atoms with Crippen LogP contribution in [0.4, 0.5) is 0 Å². The molecule has 0 fully saturated rings. The minimum absolute atomic E-state index is 0.371. The van der Waals surface area contributed by atoms with Crippen LogP contribution in [0.1, 0.15) is 39.5 Å². The van der Waals surface area contributed by atoms with Gasteiger partial charge in [0.05, 0.1) is 0 Å². The van der Waals surface area contributed by atoms with Crippen LogP contribution in [-0.2, 0) is 0 Å². The molecule has 0 aromatic carbocycles. The summed E-state index contributed by atoms with van der Waals surface area (Å²) in [5.74, 6) is 0. The fourth-order valence-corrected chi connectivity index (χ4v) is 1.22. The molecule has 0 heterocycles. The average Bonchev–Trinajstić information content (AvgIpc) is 1.99. The Morgan fingerprint density at radius 3 is 2.17 bits per heavy atom. The second kappa shape index (κ2) is 5.94. The highest BCUT2D eigenvalue weighted by molar-refractivity contribution is 4.66. The fraction of sp³-hybridized carbons (Fsp3) is 1.00. The van der Waals surface area contributed by atoms with Crippen LogP contribution in [0.2, 0.25) is 0 Å². The Labute approximate surface area is 72.7 Å². The van der Waals surface area contributed by atoms with Gasteiger partial charge in [-0.05, 0) is 12.8 Å². The summed E-state index contributed by atoms with van der Waals surface area (Å²) < 4.78 is 0. The van der Waals surface area contributed by atoms with Crippen LogP contribution in [-0.4, -0.2) is 22.2 Å². The second-order valence-electron chi connectivity index (χ2n) is 3.00. The highest BCUT2D eigenvalue weighted by atomic mass is 16.6. The SMILES string of the molecule is CCCC(O)C(CCC)[N+](=O)[O-]. The minimum atomic E-state index is -0.773. The van der Waals surface area contributed by atoms with E-state index in [1.165, 1.54) is 0 Å². The van der Waals surface area contributed by atoms with E-state index in [0.717, 1.165) is 12.8 Å². The van der Waals surface area contributed by atoms with E-state index in [0.29, 0.717) is 12.8 Å². The van der Waals surface area contributed by atoms with Gasteiger partial charge in [0.15, 0.2) is 0 Å². The Hall–Kier alpha value is -0.640. The van der Waals surface area contributed by atoms with E-state index < -0.39 is 12.1 Å². The van der Waals surface area contributed by atoms with Crippen molar-refractivity contribution in [3.05, 3.63) is 10.1 Å². The monoisotopic (exact) mass is 175 g/mol. The number of aliphatic hydroxyl groups is 1. The lowest BCUT2D eigenvalue weighted by Gasteiger charge is -2.13. The Bertz CT molecular complexity index is 138. The van der Waals surface area contributed by atoms with Crippen LogP contribution >= 0.6 is 0 Å². The first-order valence-electron chi connectivity index (χ1n) is 4.45. The van der Waals surface area contributed by atoms with Crippen molar-refractivity contribution in [3.63, 3.8) is 0 Å². The fourth-order valence-electron chi connectivity index (χ4n) is 1.22. The Balaban J connectivity index is 3.99. The molecule has 0 amide bonds. The summed E-state index contributed by atoms with van der Waals surface area (Å²) in [6, 6.07) is -0.769. The molecule has 0 aromatic rings. The van der Waals surface area contributed by atoms with Crippen LogP contribution in [0.3, 0.4) is 0 Å². The Morgan fingerprint density at radius 2 is 1.83 bits per heavy atom. The number of hydrogen-bond acceptors (Lipinski definition) is 3. The third-order valence-corrected chi connectivity index (χ3v) is 1.88. The van der Waals surface area contributed by atoms with Gasteiger partial charge in [-0.15, -0.1) is 0 Å². The molecule has 0 radical (unpaired) electrons. The molecule has 0 saturated carbocycles. The zero-order valence-corrected chi connectivity index (χ0v) is 7.69. The molecule has 0 aliphatic heterocycles. The summed E-state index contributed by atoms with van der Waals surface area (Å²) in [7, 11) is 0. The number of hydrogen-bond donors (Lipinski definition) is 1. The van der Waals surface area contributed by atoms with Crippen molar-refractivity contribution in [1.82, 2.24) is 0 Å². The lowest BCUT2D eigenvalue weighted by Crippen LogP contribution is -2.33. The molecule has 0 spiro atoms. The molecule has 72 valence electrons. The van der Waals surface area contributed by atoms with Gasteiger partial charge in [0, 0.05) is 11.3 Å². The first-order chi connectivity index (χ1) is 5.63. The maximum atomic E-state index is 10.5. The van der Waals surface area contributed by atoms with Crippen LogP contribution in [0.5, 0.6) is 0 Å². The number of nitrogens with zero attached hydrogens (tertiary/aromatic N) is 1. The summed E-state index contributed by atoms with van der Waals surface area (Å²) >= 11 is 0. The maximum Gasteiger partial charge on any atom is 0.238 e. The summed E-state index contributed by atoms with van der Waals surface area (Å²) in [6.07, 6.45) is 1.74. The predicted octanol–water partition coefficient (Wildman–Crippen LogP) is 1.59. The molecule has 2 unspecified atom stereocenters. The van der Waals surface area contributed by atoms with Gasteiger partial charge in [-0.25, -0.2) is 0 Å². The van der Waals surface area contributed by atoms with E-state index >= 15 is 0 Å². The molecule has 4 heteroatoms. The molecule has 1 N–H and O–H groups in total. The van der Waals surface area contributed by atoms with E-state index in [2.05, 4.69) is 0 Å². The minimum Gasteiger partial charge on any atom is -0.386 e. The molecular formula is C8H17NO3. The molecule has 2 atom stereocenters. The van der Waals surface area contributed by atoms with Gasteiger partial charge < -0.3 is 5.11 Å². The molecule has 4 nitrogen and oxygen atoms in total. The van der Waals surface area contributed by atoms with Crippen molar-refractivity contribution >= 4 is 0 Å². The van der Waals surface area contributed by atoms with Gasteiger partial charge >= 0.3 is 0 Å². The van der Waals surface area contributed by atoms with E-state index in [-0.39, 0.29) is 4.92 Å². The molecule has 0 aliphatic carbocycles. The van der Waals surface area contributed by atoms with Gasteiger partial charge in [0.25, 0.3) is 0 Å². The lowest BCUT2D eigenvalue weighted by atomic mass is 10.0. The number of nitro groups is 1. The van der Waals surface area contributed by atoms with Gasteiger partial charge in [-0.1, -0.05) is 20.3 Å². The van der Waals surface area contributed by atoms with Crippen molar-refractivity contribution in [1.29, 1.82) is 0 Å². The van der Waals surface area contributed by atoms with Gasteiger partial charge in [-0.3, -0.25) is 10.1 Å². The summed E-state index contributed by atoms with van der Waals surface area (Å²) in [5.41, 5.74) is 0. The smallest absolute Gasteiger partial charge is 0.238 e. The highest BCUT2D eigenvalue weighted by Gasteiger charge is 2.27. The largest absolute Gasteiger partial charge is 0.386 e. The third kappa shape index (κ3) is 3.67. The summed E-state index contributed by atoms with van der Waals surface area (Å²) in [6.45, 7) is 3.79. The standard InChI is InChI=1S/C8H17NO3/c1-3-5-7(9(11)12)8(10)6-4-2/h7-8,10H,3-6H2,1-2H3. The Kier molecular flexibility index (Phi) is 5.62. The Morgan fingerprint density at radius 1 is 1.33 bits per heavy atom. The molecule has 0 saturated heterocycles. The van der Waals surface area contributed by atoms with Crippen molar-refractivity contribution in [2.75, 3.05) is 0 Å². The van der Waals surface area contributed by atoms with E-state index in [9.17, 15) is 15.2 Å². The molecule has 12 heavy (non-hydrogen) atoms. The topological polar surface area (TPSA) is 63.4 Å². The quantitative estimate of drug-likeness (QED) is 0.492. The van der Waals surface area contributed by atoms with Crippen molar-refractivity contribution in [3.8, 4) is 0 Å². The maximum absolute atomic E-state index is 10.5. The van der Waals surface area contributed by atoms with Crippen LogP contribution in [0.25, 0.3) is 0 Å². The number of rotatable bonds is 6. The summed E-state index contributed by atoms with van der Waals surface area (Å²) in [4.78, 5) is 10.1. The van der Waals surface area contributed by atoms with Gasteiger partial charge in [0.1, 0.15) is 6.10 Å². The zero-order valence-electron chi connectivity index (χ0n) is 7.69. The normalized spacial score (nSPS) is 15.6. The van der Waals surface area contributed by atoms with Crippen LogP contribution in [0, 0.1) is 10.1 Å². The van der Waals surface area contributed by atoms with E-state index in [4.69, 9.17) is 0 Å². The highest BCUT2D eigenvalue weighted by Crippen LogP contribution is 2.10. The van der Waals surface area contributed by atoms with E-state index in [1.807, 2.05) is 13.8 Å². The van der Waals surface area contributed by atoms with Crippen LogP contribution < -0.4 is 0 Å². The first-order valence-corrected chi connectivity index (χ1v) is 4.45.